The zero-order valence-corrected chi connectivity index (χ0v) is 12.0. The lowest BCUT2D eigenvalue weighted by Crippen LogP contribution is -2.38. The van der Waals surface area contributed by atoms with E-state index in [0.717, 1.165) is 17.8 Å². The van der Waals surface area contributed by atoms with Crippen LogP contribution in [0, 0.1) is 12.8 Å². The van der Waals surface area contributed by atoms with Crippen LogP contribution in [0.25, 0.3) is 0 Å². The Balaban J connectivity index is 1.98. The van der Waals surface area contributed by atoms with Gasteiger partial charge in [0.2, 0.25) is 5.91 Å². The molecule has 110 valence electrons. The summed E-state index contributed by atoms with van der Waals surface area (Å²) in [5, 5.41) is 0. The van der Waals surface area contributed by atoms with Gasteiger partial charge in [0, 0.05) is 37.5 Å². The van der Waals surface area contributed by atoms with Crippen molar-refractivity contribution in [3.8, 4) is 0 Å². The maximum Gasteiger partial charge on any atom is 0.248 e. The van der Waals surface area contributed by atoms with Crippen molar-refractivity contribution in [1.82, 2.24) is 14.9 Å². The summed E-state index contributed by atoms with van der Waals surface area (Å²) in [6.45, 7) is 4.61. The van der Waals surface area contributed by atoms with Gasteiger partial charge in [-0.2, -0.15) is 0 Å². The van der Waals surface area contributed by atoms with Gasteiger partial charge in [0.05, 0.1) is 13.2 Å². The van der Waals surface area contributed by atoms with E-state index in [9.17, 15) is 4.79 Å². The van der Waals surface area contributed by atoms with Crippen molar-refractivity contribution in [2.45, 2.75) is 13.3 Å². The van der Waals surface area contributed by atoms with E-state index in [2.05, 4.69) is 9.97 Å². The predicted octanol–water partition coefficient (Wildman–Crippen LogP) is 0.449. The highest BCUT2D eigenvalue weighted by Crippen LogP contribution is 2.13. The Hall–Kier alpha value is -1.53. The largest absolute Gasteiger partial charge is 0.379 e. The highest BCUT2D eigenvalue weighted by Gasteiger charge is 2.22. The van der Waals surface area contributed by atoms with E-state index < -0.39 is 0 Å². The van der Waals surface area contributed by atoms with Crippen LogP contribution < -0.4 is 0 Å². The van der Waals surface area contributed by atoms with Crippen LogP contribution in [-0.4, -0.2) is 60.8 Å². The standard InChI is InChI=1S/C14H21N3O3/c1-11-5-13(16-10-15-11)6-12-7-17(3-4-20-8-12)14(18)9-19-2/h5,10,12H,3-4,6-9H2,1-2H3/t12-/m1/s1. The van der Waals surface area contributed by atoms with Gasteiger partial charge in [0.1, 0.15) is 12.9 Å². The molecule has 0 bridgehead atoms. The van der Waals surface area contributed by atoms with E-state index in [4.69, 9.17) is 9.47 Å². The molecule has 6 nitrogen and oxygen atoms in total. The molecule has 1 saturated heterocycles. The molecule has 6 heteroatoms. The van der Waals surface area contributed by atoms with Crippen molar-refractivity contribution in [3.05, 3.63) is 23.8 Å². The van der Waals surface area contributed by atoms with Crippen molar-refractivity contribution < 1.29 is 14.3 Å². The van der Waals surface area contributed by atoms with Crippen molar-refractivity contribution >= 4 is 5.91 Å². The fourth-order valence-corrected chi connectivity index (χ4v) is 2.36. The Labute approximate surface area is 119 Å². The number of hydrogen-bond donors (Lipinski definition) is 0. The van der Waals surface area contributed by atoms with E-state index in [1.807, 2.05) is 17.9 Å². The average molecular weight is 279 g/mol. The summed E-state index contributed by atoms with van der Waals surface area (Å²) < 4.78 is 10.5. The van der Waals surface area contributed by atoms with E-state index in [-0.39, 0.29) is 18.4 Å². The monoisotopic (exact) mass is 279 g/mol. The van der Waals surface area contributed by atoms with Gasteiger partial charge >= 0.3 is 0 Å². The minimum Gasteiger partial charge on any atom is -0.379 e. The SMILES string of the molecule is COCC(=O)N1CCOC[C@H](Cc2cc(C)ncn2)C1. The second kappa shape index (κ2) is 7.31. The molecular weight excluding hydrogens is 258 g/mol. The average Bonchev–Trinajstić information content (AvgIpc) is 2.65. The summed E-state index contributed by atoms with van der Waals surface area (Å²) in [6, 6.07) is 1.98. The van der Waals surface area contributed by atoms with Gasteiger partial charge in [0.15, 0.2) is 0 Å². The number of amides is 1. The number of rotatable bonds is 4. The Kier molecular flexibility index (Phi) is 5.43. The van der Waals surface area contributed by atoms with Crippen LogP contribution in [0.4, 0.5) is 0 Å². The third-order valence-corrected chi connectivity index (χ3v) is 3.32. The Morgan fingerprint density at radius 1 is 1.55 bits per heavy atom. The number of hydrogen-bond acceptors (Lipinski definition) is 5. The molecule has 2 rings (SSSR count). The number of carbonyl (C=O) groups excluding carboxylic acids is 1. The summed E-state index contributed by atoms with van der Waals surface area (Å²) in [6.07, 6.45) is 2.37. The number of nitrogens with zero attached hydrogens (tertiary/aromatic N) is 3. The molecular formula is C14H21N3O3. The molecule has 0 aromatic carbocycles. The van der Waals surface area contributed by atoms with E-state index in [1.54, 1.807) is 6.33 Å². The predicted molar refractivity (Wildman–Crippen MR) is 73.2 cm³/mol. The van der Waals surface area contributed by atoms with Crippen molar-refractivity contribution in [1.29, 1.82) is 0 Å². The molecule has 1 aromatic rings. The zero-order valence-electron chi connectivity index (χ0n) is 12.0. The van der Waals surface area contributed by atoms with Gasteiger partial charge in [0.25, 0.3) is 0 Å². The van der Waals surface area contributed by atoms with E-state index in [0.29, 0.717) is 26.3 Å². The van der Waals surface area contributed by atoms with Crippen LogP contribution in [0.2, 0.25) is 0 Å². The second-order valence-electron chi connectivity index (χ2n) is 5.07. The molecule has 20 heavy (non-hydrogen) atoms. The van der Waals surface area contributed by atoms with Crippen molar-refractivity contribution in [3.63, 3.8) is 0 Å². The van der Waals surface area contributed by atoms with Gasteiger partial charge in [-0.3, -0.25) is 4.79 Å². The summed E-state index contributed by atoms with van der Waals surface area (Å²) in [5.74, 6) is 0.273. The molecule has 0 aliphatic carbocycles. The maximum atomic E-state index is 11.9. The first-order valence-electron chi connectivity index (χ1n) is 6.81. The van der Waals surface area contributed by atoms with E-state index >= 15 is 0 Å². The molecule has 2 heterocycles. The second-order valence-corrected chi connectivity index (χ2v) is 5.07. The lowest BCUT2D eigenvalue weighted by atomic mass is 10.0. The smallest absolute Gasteiger partial charge is 0.248 e. The number of carbonyl (C=O) groups is 1. The summed E-state index contributed by atoms with van der Waals surface area (Å²) in [7, 11) is 1.54. The third kappa shape index (κ3) is 4.25. The molecule has 1 atom stereocenters. The molecule has 1 aliphatic heterocycles. The molecule has 1 aromatic heterocycles. The summed E-state index contributed by atoms with van der Waals surface area (Å²) >= 11 is 0. The molecule has 0 spiro atoms. The Morgan fingerprint density at radius 3 is 3.15 bits per heavy atom. The lowest BCUT2D eigenvalue weighted by Gasteiger charge is -2.23. The fraction of sp³-hybridized carbons (Fsp3) is 0.643. The molecule has 0 unspecified atom stereocenters. The van der Waals surface area contributed by atoms with Crippen LogP contribution >= 0.6 is 0 Å². The molecule has 0 radical (unpaired) electrons. The number of aryl methyl sites for hydroxylation is 1. The number of methoxy groups -OCH3 is 1. The Morgan fingerprint density at radius 2 is 2.40 bits per heavy atom. The van der Waals surface area contributed by atoms with E-state index in [1.165, 1.54) is 7.11 Å². The van der Waals surface area contributed by atoms with Gasteiger partial charge in [-0.25, -0.2) is 9.97 Å². The van der Waals surface area contributed by atoms with Crippen LogP contribution in [-0.2, 0) is 20.7 Å². The third-order valence-electron chi connectivity index (χ3n) is 3.32. The lowest BCUT2D eigenvalue weighted by molar-refractivity contribution is -0.135. The first-order valence-corrected chi connectivity index (χ1v) is 6.81. The first-order chi connectivity index (χ1) is 9.69. The van der Waals surface area contributed by atoms with Crippen LogP contribution in [0.5, 0.6) is 0 Å². The topological polar surface area (TPSA) is 64.5 Å². The van der Waals surface area contributed by atoms with Crippen molar-refractivity contribution in [2.75, 3.05) is 40.0 Å². The fourth-order valence-electron chi connectivity index (χ4n) is 2.36. The van der Waals surface area contributed by atoms with Gasteiger partial charge in [-0.1, -0.05) is 0 Å². The van der Waals surface area contributed by atoms with Crippen LogP contribution in [0.1, 0.15) is 11.4 Å². The van der Waals surface area contributed by atoms with Crippen LogP contribution in [0.15, 0.2) is 12.4 Å². The molecule has 1 aliphatic rings. The number of aromatic nitrogens is 2. The van der Waals surface area contributed by atoms with Gasteiger partial charge < -0.3 is 14.4 Å². The van der Waals surface area contributed by atoms with Crippen molar-refractivity contribution in [2.24, 2.45) is 5.92 Å². The van der Waals surface area contributed by atoms with Gasteiger partial charge in [-0.05, 0) is 19.4 Å². The number of ether oxygens (including phenoxy) is 2. The highest BCUT2D eigenvalue weighted by atomic mass is 16.5. The minimum absolute atomic E-state index is 0.0156. The minimum atomic E-state index is 0.0156. The Bertz CT molecular complexity index is 453. The zero-order chi connectivity index (χ0) is 14.4. The summed E-state index contributed by atoms with van der Waals surface area (Å²) in [4.78, 5) is 22.1. The van der Waals surface area contributed by atoms with Gasteiger partial charge in [-0.15, -0.1) is 0 Å². The molecule has 1 amide bonds. The summed E-state index contributed by atoms with van der Waals surface area (Å²) in [5.41, 5.74) is 1.95. The quantitative estimate of drug-likeness (QED) is 0.800. The molecule has 0 saturated carbocycles. The highest BCUT2D eigenvalue weighted by molar-refractivity contribution is 5.77. The molecule has 1 fully saturated rings. The maximum absolute atomic E-state index is 11.9. The first kappa shape index (κ1) is 14.9. The van der Waals surface area contributed by atoms with Crippen LogP contribution in [0.3, 0.4) is 0 Å². The molecule has 0 N–H and O–H groups in total. The normalized spacial score (nSPS) is 19.7.